The average molecular weight is 902 g/mol. The number of unbranched alkanes of at least 4 members (excludes halogenated alkanes) is 13. The number of aliphatic hydroxyl groups is 1. The first-order chi connectivity index (χ1) is 30.6. The van der Waals surface area contributed by atoms with Crippen molar-refractivity contribution in [3.05, 3.63) is 97.2 Å². The monoisotopic (exact) mass is 902 g/mol. The Hall–Kier alpha value is -3.60. The second-order valence-electron chi connectivity index (χ2n) is 15.6. The quantitative estimate of drug-likeness (QED) is 0.0200. The molecule has 12 heteroatoms. The Labute approximate surface area is 381 Å². The lowest BCUT2D eigenvalue weighted by atomic mass is 10.1. The van der Waals surface area contributed by atoms with E-state index in [4.69, 9.17) is 13.8 Å². The molecule has 0 fully saturated rings. The van der Waals surface area contributed by atoms with Gasteiger partial charge in [0.2, 0.25) is 5.91 Å². The number of amides is 1. The van der Waals surface area contributed by atoms with Gasteiger partial charge < -0.3 is 25.2 Å². The molecule has 0 aliphatic heterocycles. The van der Waals surface area contributed by atoms with Gasteiger partial charge in [-0.2, -0.15) is 0 Å². The summed E-state index contributed by atoms with van der Waals surface area (Å²) >= 11 is 0. The van der Waals surface area contributed by atoms with Crippen LogP contribution in [0.4, 0.5) is 0 Å². The van der Waals surface area contributed by atoms with Gasteiger partial charge in [0.1, 0.15) is 12.7 Å². The van der Waals surface area contributed by atoms with E-state index in [0.29, 0.717) is 19.3 Å². The molecular formula is C51H84NO10P. The maximum absolute atomic E-state index is 12.3. The first-order valence-corrected chi connectivity index (χ1v) is 25.3. The number of carboxylic acids is 1. The summed E-state index contributed by atoms with van der Waals surface area (Å²) in [6, 6.07) is -1.59. The van der Waals surface area contributed by atoms with Gasteiger partial charge in [-0.25, -0.2) is 9.36 Å². The number of carbonyl (C=O) groups is 3. The van der Waals surface area contributed by atoms with E-state index in [0.717, 1.165) is 83.5 Å². The number of phosphoric acid groups is 1. The predicted octanol–water partition coefficient (Wildman–Crippen LogP) is 12.8. The van der Waals surface area contributed by atoms with Crippen LogP contribution < -0.4 is 5.32 Å². The maximum atomic E-state index is 12.3. The van der Waals surface area contributed by atoms with Gasteiger partial charge in [0.05, 0.1) is 13.2 Å². The number of rotatable bonds is 43. The minimum atomic E-state index is -4.78. The van der Waals surface area contributed by atoms with Crippen molar-refractivity contribution in [3.63, 3.8) is 0 Å². The molecule has 63 heavy (non-hydrogen) atoms. The summed E-state index contributed by atoms with van der Waals surface area (Å²) in [5.41, 5.74) is 0. The van der Waals surface area contributed by atoms with Crippen LogP contribution in [0.25, 0.3) is 0 Å². The van der Waals surface area contributed by atoms with E-state index in [1.54, 1.807) is 0 Å². The summed E-state index contributed by atoms with van der Waals surface area (Å²) in [5.74, 6) is -2.48. The third-order valence-electron chi connectivity index (χ3n) is 9.61. The van der Waals surface area contributed by atoms with Crippen molar-refractivity contribution in [1.29, 1.82) is 0 Å². The lowest BCUT2D eigenvalue weighted by Crippen LogP contribution is -2.43. The lowest BCUT2D eigenvalue weighted by molar-refractivity contribution is -0.147. The molecule has 0 saturated carbocycles. The van der Waals surface area contributed by atoms with Crippen molar-refractivity contribution in [2.24, 2.45) is 0 Å². The Balaban J connectivity index is 4.01. The second kappa shape index (κ2) is 45.0. The fraction of sp³-hybridized carbons (Fsp3) is 0.627. The van der Waals surface area contributed by atoms with Crippen LogP contribution in [0.3, 0.4) is 0 Å². The third-order valence-corrected chi connectivity index (χ3v) is 10.6. The molecule has 4 N–H and O–H groups in total. The first kappa shape index (κ1) is 59.4. The molecule has 0 saturated heterocycles. The van der Waals surface area contributed by atoms with E-state index in [-0.39, 0.29) is 12.8 Å². The summed E-state index contributed by atoms with van der Waals surface area (Å²) in [6.07, 6.45) is 57.2. The summed E-state index contributed by atoms with van der Waals surface area (Å²) < 4.78 is 26.8. The zero-order valence-electron chi connectivity index (χ0n) is 38.8. The van der Waals surface area contributed by atoms with E-state index in [1.807, 2.05) is 12.2 Å². The van der Waals surface area contributed by atoms with Crippen LogP contribution in [0.15, 0.2) is 97.2 Å². The normalized spacial score (nSPS) is 14.5. The number of phosphoric ester groups is 1. The average Bonchev–Trinajstić information content (AvgIpc) is 3.26. The summed E-state index contributed by atoms with van der Waals surface area (Å²) in [6.45, 7) is 2.42. The molecule has 0 bridgehead atoms. The zero-order chi connectivity index (χ0) is 46.3. The van der Waals surface area contributed by atoms with Gasteiger partial charge in [-0.1, -0.05) is 169 Å². The SMILES string of the molecule is CC/C=C\C/C=C\C/C=C\C/C=C\C/C=C\C/C=C\C/C=C\CCCC(=O)NC(COP(=O)(O)OCC(O)COC(=O)CCCCCCC/C=C\CCCCCCCCC)C(=O)O. The van der Waals surface area contributed by atoms with Gasteiger partial charge >= 0.3 is 19.8 Å². The molecule has 0 aromatic heterocycles. The van der Waals surface area contributed by atoms with E-state index in [9.17, 15) is 34.1 Å². The van der Waals surface area contributed by atoms with Gasteiger partial charge in [-0.05, 0) is 89.9 Å². The van der Waals surface area contributed by atoms with Crippen molar-refractivity contribution in [1.82, 2.24) is 5.32 Å². The molecule has 0 aliphatic carbocycles. The Bertz CT molecular complexity index is 1430. The Kier molecular flexibility index (Phi) is 42.4. The topological polar surface area (TPSA) is 169 Å². The molecule has 0 spiro atoms. The zero-order valence-corrected chi connectivity index (χ0v) is 39.7. The summed E-state index contributed by atoms with van der Waals surface area (Å²) in [5, 5.41) is 21.8. The number of hydrogen-bond acceptors (Lipinski definition) is 8. The van der Waals surface area contributed by atoms with Crippen molar-refractivity contribution in [3.8, 4) is 0 Å². The number of hydrogen-bond donors (Lipinski definition) is 4. The van der Waals surface area contributed by atoms with Crippen molar-refractivity contribution in [2.45, 2.75) is 187 Å². The van der Waals surface area contributed by atoms with E-state index in [1.165, 1.54) is 44.9 Å². The number of allylic oxidation sites excluding steroid dienone is 16. The predicted molar refractivity (Wildman–Crippen MR) is 258 cm³/mol. The molecule has 0 aromatic carbocycles. The van der Waals surface area contributed by atoms with Crippen LogP contribution in [0.2, 0.25) is 0 Å². The van der Waals surface area contributed by atoms with Gasteiger partial charge in [-0.15, -0.1) is 0 Å². The molecule has 0 rings (SSSR count). The second-order valence-corrected chi connectivity index (χ2v) is 17.0. The van der Waals surface area contributed by atoms with Gasteiger partial charge in [0.25, 0.3) is 0 Å². The first-order valence-electron chi connectivity index (χ1n) is 23.8. The number of nitrogens with one attached hydrogen (secondary N) is 1. The van der Waals surface area contributed by atoms with E-state index < -0.39 is 57.6 Å². The van der Waals surface area contributed by atoms with Crippen molar-refractivity contribution < 1.29 is 47.8 Å². The van der Waals surface area contributed by atoms with Crippen molar-refractivity contribution in [2.75, 3.05) is 19.8 Å². The Morgan fingerprint density at radius 2 is 0.937 bits per heavy atom. The molecule has 11 nitrogen and oxygen atoms in total. The molecule has 0 heterocycles. The van der Waals surface area contributed by atoms with E-state index in [2.05, 4.69) is 104 Å². The number of carbonyl (C=O) groups excluding carboxylic acids is 2. The Morgan fingerprint density at radius 1 is 0.524 bits per heavy atom. The van der Waals surface area contributed by atoms with Gasteiger partial charge in [0.15, 0.2) is 6.04 Å². The minimum absolute atomic E-state index is 0.0590. The third kappa shape index (κ3) is 44.8. The fourth-order valence-corrected chi connectivity index (χ4v) is 6.72. The largest absolute Gasteiger partial charge is 0.480 e. The van der Waals surface area contributed by atoms with Crippen LogP contribution in [0, 0.1) is 0 Å². The molecule has 1 amide bonds. The van der Waals surface area contributed by atoms with Crippen LogP contribution >= 0.6 is 7.82 Å². The lowest BCUT2D eigenvalue weighted by Gasteiger charge is -2.18. The number of carboxylic acid groups (broad SMARTS) is 1. The highest BCUT2D eigenvalue weighted by molar-refractivity contribution is 7.47. The standard InChI is InChI=1S/C51H84NO10P/c1-3-5-7-9-11-13-15-17-19-21-22-23-24-25-26-27-28-30-32-34-36-38-40-42-49(54)52-48(51(56)57)46-62-63(58,59)61-45-47(53)44-60-50(55)43-41-39-37-35-33-31-29-20-18-16-14-12-10-8-6-4-2/h5,7,11,13,17,19-20,22-23,25-26,28-30,34,36,47-48,53H,3-4,6,8-10,12,14-16,18,21,24,27,31-33,35,37-46H2,1-2H3,(H,52,54)(H,56,57)(H,58,59)/b7-5-,13-11-,19-17-,23-22-,26-25-,29-20-,30-28-,36-34-. The number of ether oxygens (including phenoxy) is 1. The number of aliphatic carboxylic acids is 1. The number of aliphatic hydroxyl groups excluding tert-OH is 1. The molecule has 3 unspecified atom stereocenters. The van der Waals surface area contributed by atoms with Gasteiger partial charge in [0, 0.05) is 12.8 Å². The van der Waals surface area contributed by atoms with Gasteiger partial charge in [-0.3, -0.25) is 18.6 Å². The molecule has 358 valence electrons. The number of esters is 1. The fourth-order valence-electron chi connectivity index (χ4n) is 5.94. The highest BCUT2D eigenvalue weighted by Gasteiger charge is 2.28. The molecule has 0 radical (unpaired) electrons. The smallest absolute Gasteiger partial charge is 0.472 e. The van der Waals surface area contributed by atoms with Crippen molar-refractivity contribution >= 4 is 25.7 Å². The van der Waals surface area contributed by atoms with Crippen LogP contribution in [0.1, 0.15) is 174 Å². The highest BCUT2D eigenvalue weighted by Crippen LogP contribution is 2.43. The molecule has 0 aliphatic rings. The minimum Gasteiger partial charge on any atom is -0.480 e. The maximum Gasteiger partial charge on any atom is 0.472 e. The molecular weight excluding hydrogens is 818 g/mol. The van der Waals surface area contributed by atoms with Crippen LogP contribution in [-0.4, -0.2) is 64.9 Å². The van der Waals surface area contributed by atoms with Crippen LogP contribution in [-0.2, 0) is 32.7 Å². The highest BCUT2D eigenvalue weighted by atomic mass is 31.2. The van der Waals surface area contributed by atoms with E-state index >= 15 is 0 Å². The Morgan fingerprint density at radius 3 is 1.43 bits per heavy atom. The van der Waals surface area contributed by atoms with Crippen LogP contribution in [0.5, 0.6) is 0 Å². The molecule has 0 aromatic rings. The summed E-state index contributed by atoms with van der Waals surface area (Å²) in [4.78, 5) is 46.0. The summed E-state index contributed by atoms with van der Waals surface area (Å²) in [7, 11) is -4.78. The molecule has 3 atom stereocenters.